The van der Waals surface area contributed by atoms with E-state index >= 15 is 0 Å². The summed E-state index contributed by atoms with van der Waals surface area (Å²) in [7, 11) is 0. The standard InChI is InChI=1S/C15H23BrN2OS/c1-3-8-18(10-12-4-6-17-7-5-12)15(19)13-9-11(2)14(16)20-13/h9,12,17H,3-8,10H2,1-2H3. The summed E-state index contributed by atoms with van der Waals surface area (Å²) in [6.07, 6.45) is 3.38. The van der Waals surface area contributed by atoms with Crippen LogP contribution in [-0.4, -0.2) is 37.0 Å². The van der Waals surface area contributed by atoms with Gasteiger partial charge in [-0.2, -0.15) is 0 Å². The Balaban J connectivity index is 2.04. The second kappa shape index (κ2) is 7.57. The van der Waals surface area contributed by atoms with Crippen molar-refractivity contribution in [1.29, 1.82) is 0 Å². The van der Waals surface area contributed by atoms with Gasteiger partial charge in [0, 0.05) is 13.1 Å². The van der Waals surface area contributed by atoms with Gasteiger partial charge < -0.3 is 10.2 Å². The molecule has 0 bridgehead atoms. The van der Waals surface area contributed by atoms with Crippen LogP contribution in [0.4, 0.5) is 0 Å². The third-order valence-electron chi connectivity index (χ3n) is 3.79. The Morgan fingerprint density at radius 2 is 2.20 bits per heavy atom. The van der Waals surface area contributed by atoms with Gasteiger partial charge in [-0.1, -0.05) is 6.92 Å². The highest BCUT2D eigenvalue weighted by molar-refractivity contribution is 9.11. The summed E-state index contributed by atoms with van der Waals surface area (Å²) in [6, 6.07) is 2.00. The van der Waals surface area contributed by atoms with E-state index in [9.17, 15) is 4.79 Å². The van der Waals surface area contributed by atoms with Gasteiger partial charge >= 0.3 is 0 Å². The van der Waals surface area contributed by atoms with Crippen molar-refractivity contribution in [1.82, 2.24) is 10.2 Å². The molecule has 20 heavy (non-hydrogen) atoms. The molecule has 1 N–H and O–H groups in total. The van der Waals surface area contributed by atoms with Crippen LogP contribution in [0.5, 0.6) is 0 Å². The van der Waals surface area contributed by atoms with E-state index in [4.69, 9.17) is 0 Å². The summed E-state index contributed by atoms with van der Waals surface area (Å²) >= 11 is 5.06. The molecular formula is C15H23BrN2OS. The Morgan fingerprint density at radius 3 is 2.75 bits per heavy atom. The van der Waals surface area contributed by atoms with Crippen LogP contribution in [0.2, 0.25) is 0 Å². The minimum Gasteiger partial charge on any atom is -0.338 e. The zero-order valence-corrected chi connectivity index (χ0v) is 14.6. The van der Waals surface area contributed by atoms with Crippen molar-refractivity contribution in [3.8, 4) is 0 Å². The maximum atomic E-state index is 12.7. The Hall–Kier alpha value is -0.390. The quantitative estimate of drug-likeness (QED) is 0.870. The zero-order valence-electron chi connectivity index (χ0n) is 12.2. The van der Waals surface area contributed by atoms with Crippen LogP contribution in [0.3, 0.4) is 0 Å². The number of amides is 1. The molecule has 1 aromatic heterocycles. The molecule has 0 aromatic carbocycles. The molecule has 2 rings (SSSR count). The lowest BCUT2D eigenvalue weighted by Gasteiger charge is -2.29. The Kier molecular flexibility index (Phi) is 6.05. The third-order valence-corrected chi connectivity index (χ3v) is 5.91. The molecule has 0 unspecified atom stereocenters. The number of aryl methyl sites for hydroxylation is 1. The molecule has 2 heterocycles. The van der Waals surface area contributed by atoms with E-state index in [2.05, 4.69) is 28.2 Å². The van der Waals surface area contributed by atoms with Gasteiger partial charge in [-0.25, -0.2) is 0 Å². The molecule has 1 aliphatic rings. The fraction of sp³-hybridized carbons (Fsp3) is 0.667. The van der Waals surface area contributed by atoms with Crippen LogP contribution >= 0.6 is 27.3 Å². The molecule has 112 valence electrons. The molecular weight excluding hydrogens is 336 g/mol. The average molecular weight is 359 g/mol. The van der Waals surface area contributed by atoms with E-state index < -0.39 is 0 Å². The van der Waals surface area contributed by atoms with Crippen LogP contribution < -0.4 is 5.32 Å². The number of halogens is 1. The van der Waals surface area contributed by atoms with Crippen molar-refractivity contribution in [2.45, 2.75) is 33.1 Å². The average Bonchev–Trinajstić information content (AvgIpc) is 2.78. The number of carbonyl (C=O) groups is 1. The van der Waals surface area contributed by atoms with Crippen molar-refractivity contribution in [3.63, 3.8) is 0 Å². The van der Waals surface area contributed by atoms with Crippen molar-refractivity contribution >= 4 is 33.2 Å². The lowest BCUT2D eigenvalue weighted by atomic mass is 9.97. The normalized spacial score (nSPS) is 16.4. The minimum atomic E-state index is 0.198. The number of rotatable bonds is 5. The highest BCUT2D eigenvalue weighted by Gasteiger charge is 2.22. The van der Waals surface area contributed by atoms with Gasteiger partial charge in [0.15, 0.2) is 0 Å². The second-order valence-corrected chi connectivity index (χ2v) is 7.88. The highest BCUT2D eigenvalue weighted by atomic mass is 79.9. The molecule has 5 heteroatoms. The van der Waals surface area contributed by atoms with E-state index in [1.807, 2.05) is 17.9 Å². The van der Waals surface area contributed by atoms with Crippen molar-refractivity contribution in [3.05, 3.63) is 20.3 Å². The fourth-order valence-corrected chi connectivity index (χ4v) is 4.15. The molecule has 1 amide bonds. The summed E-state index contributed by atoms with van der Waals surface area (Å²) in [5.74, 6) is 0.848. The molecule has 1 saturated heterocycles. The second-order valence-electron chi connectivity index (χ2n) is 5.51. The number of hydrogen-bond donors (Lipinski definition) is 1. The van der Waals surface area contributed by atoms with E-state index in [1.165, 1.54) is 12.8 Å². The smallest absolute Gasteiger partial charge is 0.263 e. The third kappa shape index (κ3) is 4.06. The first-order valence-corrected chi connectivity index (χ1v) is 8.98. The molecule has 0 aliphatic carbocycles. The van der Waals surface area contributed by atoms with Crippen LogP contribution in [0.15, 0.2) is 9.85 Å². The molecule has 0 spiro atoms. The van der Waals surface area contributed by atoms with Gasteiger partial charge in [0.2, 0.25) is 0 Å². The monoisotopic (exact) mass is 358 g/mol. The molecule has 1 aliphatic heterocycles. The first-order valence-electron chi connectivity index (χ1n) is 7.37. The Bertz CT molecular complexity index is 435. The summed E-state index contributed by atoms with van der Waals surface area (Å²) < 4.78 is 1.07. The van der Waals surface area contributed by atoms with Crippen molar-refractivity contribution < 1.29 is 4.79 Å². The molecule has 1 fully saturated rings. The van der Waals surface area contributed by atoms with Crippen LogP contribution in [0, 0.1) is 12.8 Å². The molecule has 0 atom stereocenters. The lowest BCUT2D eigenvalue weighted by Crippen LogP contribution is -2.39. The van der Waals surface area contributed by atoms with E-state index in [0.29, 0.717) is 5.92 Å². The van der Waals surface area contributed by atoms with Crippen molar-refractivity contribution in [2.75, 3.05) is 26.2 Å². The topological polar surface area (TPSA) is 32.3 Å². The zero-order chi connectivity index (χ0) is 14.5. The minimum absolute atomic E-state index is 0.198. The lowest BCUT2D eigenvalue weighted by molar-refractivity contribution is 0.0721. The highest BCUT2D eigenvalue weighted by Crippen LogP contribution is 2.28. The van der Waals surface area contributed by atoms with Crippen LogP contribution in [0.1, 0.15) is 41.4 Å². The molecule has 0 radical (unpaired) electrons. The van der Waals surface area contributed by atoms with Crippen LogP contribution in [-0.2, 0) is 0 Å². The van der Waals surface area contributed by atoms with E-state index in [-0.39, 0.29) is 5.91 Å². The maximum Gasteiger partial charge on any atom is 0.263 e. The SMILES string of the molecule is CCCN(CC1CCNCC1)C(=O)c1cc(C)c(Br)s1. The van der Waals surface area contributed by atoms with Gasteiger partial charge in [-0.05, 0) is 72.8 Å². The maximum absolute atomic E-state index is 12.7. The first-order chi connectivity index (χ1) is 9.61. The van der Waals surface area contributed by atoms with E-state index in [0.717, 1.165) is 46.8 Å². The number of nitrogens with one attached hydrogen (secondary N) is 1. The number of thiophene rings is 1. The summed E-state index contributed by atoms with van der Waals surface area (Å²) in [6.45, 7) is 8.11. The molecule has 0 saturated carbocycles. The summed E-state index contributed by atoms with van der Waals surface area (Å²) in [4.78, 5) is 15.6. The summed E-state index contributed by atoms with van der Waals surface area (Å²) in [5.41, 5.74) is 1.15. The van der Waals surface area contributed by atoms with Gasteiger partial charge in [-0.15, -0.1) is 11.3 Å². The van der Waals surface area contributed by atoms with Crippen LogP contribution in [0.25, 0.3) is 0 Å². The van der Waals surface area contributed by atoms with Gasteiger partial charge in [0.05, 0.1) is 8.66 Å². The fourth-order valence-electron chi connectivity index (χ4n) is 2.64. The van der Waals surface area contributed by atoms with E-state index in [1.54, 1.807) is 11.3 Å². The van der Waals surface area contributed by atoms with Gasteiger partial charge in [0.1, 0.15) is 0 Å². The largest absolute Gasteiger partial charge is 0.338 e. The number of carbonyl (C=O) groups excluding carboxylic acids is 1. The Morgan fingerprint density at radius 1 is 1.50 bits per heavy atom. The number of hydrogen-bond acceptors (Lipinski definition) is 3. The number of piperidine rings is 1. The molecule has 1 aromatic rings. The van der Waals surface area contributed by atoms with Crippen molar-refractivity contribution in [2.24, 2.45) is 5.92 Å². The Labute approximate surface area is 133 Å². The predicted molar refractivity (Wildman–Crippen MR) is 88.5 cm³/mol. The van der Waals surface area contributed by atoms with Gasteiger partial charge in [-0.3, -0.25) is 4.79 Å². The first kappa shape index (κ1) is 16.0. The summed E-state index contributed by atoms with van der Waals surface area (Å²) in [5, 5.41) is 3.38. The van der Waals surface area contributed by atoms with Gasteiger partial charge in [0.25, 0.3) is 5.91 Å². The number of nitrogens with zero attached hydrogens (tertiary/aromatic N) is 1. The predicted octanol–water partition coefficient (Wildman–Crippen LogP) is 3.67. The molecule has 3 nitrogen and oxygen atoms in total.